The van der Waals surface area contributed by atoms with Crippen molar-refractivity contribution < 1.29 is 14.3 Å². The SMILES string of the molecule is CCc1csc(NC(=O)NC(C)CC(O)c2ccco2)n1. The van der Waals surface area contributed by atoms with Crippen LogP contribution in [0.2, 0.25) is 0 Å². The monoisotopic (exact) mass is 309 g/mol. The molecule has 2 heterocycles. The average Bonchev–Trinajstić information content (AvgIpc) is 3.08. The molecule has 0 aliphatic heterocycles. The Balaban J connectivity index is 1.79. The van der Waals surface area contributed by atoms with E-state index in [1.165, 1.54) is 17.6 Å². The number of nitrogens with one attached hydrogen (secondary N) is 2. The highest BCUT2D eigenvalue weighted by Crippen LogP contribution is 2.19. The molecule has 2 atom stereocenters. The smallest absolute Gasteiger partial charge is 0.321 e. The minimum Gasteiger partial charge on any atom is -0.467 e. The van der Waals surface area contributed by atoms with Crippen molar-refractivity contribution in [2.75, 3.05) is 5.32 Å². The molecule has 0 aliphatic carbocycles. The van der Waals surface area contributed by atoms with Gasteiger partial charge in [-0.05, 0) is 25.5 Å². The number of aliphatic hydroxyl groups excluding tert-OH is 1. The van der Waals surface area contributed by atoms with Crippen LogP contribution in [0.25, 0.3) is 0 Å². The van der Waals surface area contributed by atoms with Crippen LogP contribution in [0.4, 0.5) is 9.93 Å². The molecule has 0 aliphatic rings. The highest BCUT2D eigenvalue weighted by Gasteiger charge is 2.16. The van der Waals surface area contributed by atoms with Gasteiger partial charge in [-0.15, -0.1) is 11.3 Å². The molecule has 2 aromatic heterocycles. The van der Waals surface area contributed by atoms with Crippen molar-refractivity contribution in [3.05, 3.63) is 35.2 Å². The number of aromatic nitrogens is 1. The van der Waals surface area contributed by atoms with Crippen LogP contribution in [0, 0.1) is 0 Å². The highest BCUT2D eigenvalue weighted by molar-refractivity contribution is 7.13. The van der Waals surface area contributed by atoms with Gasteiger partial charge in [-0.25, -0.2) is 9.78 Å². The summed E-state index contributed by atoms with van der Waals surface area (Å²) in [7, 11) is 0. The zero-order valence-corrected chi connectivity index (χ0v) is 12.8. The van der Waals surface area contributed by atoms with Crippen LogP contribution in [0.3, 0.4) is 0 Å². The first-order chi connectivity index (χ1) is 10.1. The van der Waals surface area contributed by atoms with E-state index in [9.17, 15) is 9.90 Å². The van der Waals surface area contributed by atoms with Gasteiger partial charge in [0.25, 0.3) is 0 Å². The van der Waals surface area contributed by atoms with E-state index in [4.69, 9.17) is 4.42 Å². The summed E-state index contributed by atoms with van der Waals surface area (Å²) in [5.41, 5.74) is 0.955. The molecule has 6 nitrogen and oxygen atoms in total. The van der Waals surface area contributed by atoms with Crippen LogP contribution in [0.1, 0.15) is 37.8 Å². The molecule has 0 fully saturated rings. The number of carbonyl (C=O) groups is 1. The second-order valence-electron chi connectivity index (χ2n) is 4.76. The molecule has 0 radical (unpaired) electrons. The molecule has 0 spiro atoms. The maximum atomic E-state index is 11.8. The highest BCUT2D eigenvalue weighted by atomic mass is 32.1. The Morgan fingerprint density at radius 1 is 1.57 bits per heavy atom. The lowest BCUT2D eigenvalue weighted by molar-refractivity contribution is 0.130. The van der Waals surface area contributed by atoms with Crippen molar-refractivity contribution in [3.8, 4) is 0 Å². The first kappa shape index (κ1) is 15.5. The van der Waals surface area contributed by atoms with Crippen LogP contribution in [0.5, 0.6) is 0 Å². The van der Waals surface area contributed by atoms with Crippen molar-refractivity contribution in [1.82, 2.24) is 10.3 Å². The van der Waals surface area contributed by atoms with Crippen molar-refractivity contribution in [1.29, 1.82) is 0 Å². The second kappa shape index (κ2) is 7.24. The number of anilines is 1. The van der Waals surface area contributed by atoms with Crippen LogP contribution in [-0.2, 0) is 6.42 Å². The lowest BCUT2D eigenvalue weighted by Gasteiger charge is -2.16. The van der Waals surface area contributed by atoms with Gasteiger partial charge in [0, 0.05) is 17.8 Å². The Morgan fingerprint density at radius 3 is 3.00 bits per heavy atom. The Morgan fingerprint density at radius 2 is 2.38 bits per heavy atom. The molecular formula is C14H19N3O3S. The van der Waals surface area contributed by atoms with Gasteiger partial charge < -0.3 is 14.8 Å². The quantitative estimate of drug-likeness (QED) is 0.765. The molecule has 2 amide bonds. The molecule has 0 saturated carbocycles. The maximum absolute atomic E-state index is 11.8. The number of urea groups is 1. The zero-order chi connectivity index (χ0) is 15.2. The van der Waals surface area contributed by atoms with E-state index in [1.807, 2.05) is 19.2 Å². The van der Waals surface area contributed by atoms with Gasteiger partial charge >= 0.3 is 6.03 Å². The van der Waals surface area contributed by atoms with E-state index in [0.717, 1.165) is 12.1 Å². The Hall–Kier alpha value is -1.86. The molecule has 0 saturated heterocycles. The van der Waals surface area contributed by atoms with E-state index >= 15 is 0 Å². The normalized spacial score (nSPS) is 13.7. The molecule has 2 unspecified atom stereocenters. The van der Waals surface area contributed by atoms with E-state index in [-0.39, 0.29) is 12.1 Å². The number of rotatable bonds is 6. The zero-order valence-electron chi connectivity index (χ0n) is 12.0. The summed E-state index contributed by atoms with van der Waals surface area (Å²) in [6.07, 6.45) is 1.99. The van der Waals surface area contributed by atoms with E-state index in [2.05, 4.69) is 15.6 Å². The standard InChI is InChI=1S/C14H19N3O3S/c1-3-10-8-21-14(16-10)17-13(19)15-9(2)7-11(18)12-5-4-6-20-12/h4-6,8-9,11,18H,3,7H2,1-2H3,(H2,15,16,17,19). The Bertz CT molecular complexity index is 568. The summed E-state index contributed by atoms with van der Waals surface area (Å²) in [6.45, 7) is 3.84. The third kappa shape index (κ3) is 4.57. The molecule has 21 heavy (non-hydrogen) atoms. The number of thiazole rings is 1. The van der Waals surface area contributed by atoms with Crippen molar-refractivity contribution in [2.45, 2.75) is 38.8 Å². The van der Waals surface area contributed by atoms with Gasteiger partial charge in [-0.1, -0.05) is 6.92 Å². The molecule has 2 rings (SSSR count). The first-order valence-electron chi connectivity index (χ1n) is 6.82. The summed E-state index contributed by atoms with van der Waals surface area (Å²) in [5.74, 6) is 0.497. The topological polar surface area (TPSA) is 87.4 Å². The van der Waals surface area contributed by atoms with Gasteiger partial charge in [0.05, 0.1) is 12.0 Å². The van der Waals surface area contributed by atoms with Crippen LogP contribution < -0.4 is 10.6 Å². The number of hydrogen-bond donors (Lipinski definition) is 3. The predicted octanol–water partition coefficient (Wildman–Crippen LogP) is 2.93. The summed E-state index contributed by atoms with van der Waals surface area (Å²) >= 11 is 1.39. The number of furan rings is 1. The summed E-state index contributed by atoms with van der Waals surface area (Å²) in [5, 5.41) is 17.9. The van der Waals surface area contributed by atoms with Gasteiger partial charge in [0.15, 0.2) is 5.13 Å². The second-order valence-corrected chi connectivity index (χ2v) is 5.62. The minimum absolute atomic E-state index is 0.198. The molecular weight excluding hydrogens is 290 g/mol. The van der Waals surface area contributed by atoms with Gasteiger partial charge in [-0.3, -0.25) is 5.32 Å². The van der Waals surface area contributed by atoms with Gasteiger partial charge in [0.2, 0.25) is 0 Å². The van der Waals surface area contributed by atoms with Crippen LogP contribution in [-0.4, -0.2) is 22.2 Å². The van der Waals surface area contributed by atoms with Gasteiger partial charge in [-0.2, -0.15) is 0 Å². The summed E-state index contributed by atoms with van der Waals surface area (Å²) in [4.78, 5) is 16.1. The third-order valence-electron chi connectivity index (χ3n) is 2.96. The molecule has 0 aromatic carbocycles. The number of hydrogen-bond acceptors (Lipinski definition) is 5. The minimum atomic E-state index is -0.734. The average molecular weight is 309 g/mol. The lowest BCUT2D eigenvalue weighted by atomic mass is 10.1. The van der Waals surface area contributed by atoms with Crippen molar-refractivity contribution in [3.63, 3.8) is 0 Å². The fourth-order valence-electron chi connectivity index (χ4n) is 1.87. The number of carbonyl (C=O) groups excluding carboxylic acids is 1. The number of aryl methyl sites for hydroxylation is 1. The maximum Gasteiger partial charge on any atom is 0.321 e. The molecule has 3 N–H and O–H groups in total. The molecule has 2 aromatic rings. The number of aliphatic hydroxyl groups is 1. The summed E-state index contributed by atoms with van der Waals surface area (Å²) in [6, 6.07) is 2.90. The first-order valence-corrected chi connectivity index (χ1v) is 7.69. The number of nitrogens with zero attached hydrogens (tertiary/aromatic N) is 1. The molecule has 114 valence electrons. The van der Waals surface area contributed by atoms with Crippen molar-refractivity contribution in [2.24, 2.45) is 0 Å². The number of amides is 2. The third-order valence-corrected chi connectivity index (χ3v) is 3.77. The van der Waals surface area contributed by atoms with E-state index < -0.39 is 6.10 Å². The fraction of sp³-hybridized carbons (Fsp3) is 0.429. The lowest BCUT2D eigenvalue weighted by Crippen LogP contribution is -2.37. The Kier molecular flexibility index (Phi) is 5.35. The van der Waals surface area contributed by atoms with Crippen LogP contribution in [0.15, 0.2) is 28.2 Å². The molecule has 7 heteroatoms. The predicted molar refractivity (Wildman–Crippen MR) is 81.4 cm³/mol. The fourth-order valence-corrected chi connectivity index (χ4v) is 2.66. The van der Waals surface area contributed by atoms with E-state index in [0.29, 0.717) is 17.3 Å². The van der Waals surface area contributed by atoms with Crippen molar-refractivity contribution >= 4 is 22.5 Å². The van der Waals surface area contributed by atoms with Gasteiger partial charge in [0.1, 0.15) is 11.9 Å². The largest absolute Gasteiger partial charge is 0.467 e. The van der Waals surface area contributed by atoms with Crippen LogP contribution >= 0.6 is 11.3 Å². The molecule has 0 bridgehead atoms. The van der Waals surface area contributed by atoms with E-state index in [1.54, 1.807) is 12.1 Å². The summed E-state index contributed by atoms with van der Waals surface area (Å²) < 4.78 is 5.13. The Labute approximate surface area is 127 Å².